The maximum Gasteiger partial charge on any atom is 0.274 e. The lowest BCUT2D eigenvalue weighted by molar-refractivity contribution is 0.102. The maximum absolute atomic E-state index is 16.5. The molecule has 2 aromatic heterocycles. The molecule has 0 saturated heterocycles. The number of rotatable bonds is 1. The van der Waals surface area contributed by atoms with E-state index in [-0.39, 0.29) is 34.3 Å². The molecule has 9 heteroatoms. The number of hydrogen-bond donors (Lipinski definition) is 3. The highest BCUT2D eigenvalue weighted by Crippen LogP contribution is 2.50. The number of pyridine rings is 2. The molecule has 1 aromatic carbocycles. The molecule has 6 rings (SSSR count). The van der Waals surface area contributed by atoms with Crippen LogP contribution in [0.3, 0.4) is 0 Å². The maximum atomic E-state index is 16.5. The van der Waals surface area contributed by atoms with Gasteiger partial charge in [-0.05, 0) is 91.0 Å². The van der Waals surface area contributed by atoms with Crippen molar-refractivity contribution in [3.63, 3.8) is 0 Å². The number of carbonyl (C=O) groups excluding carboxylic acids is 1. The third-order valence-corrected chi connectivity index (χ3v) is 7.73. The molecule has 1 amide bonds. The number of anilines is 1. The second kappa shape index (κ2) is 8.38. The van der Waals surface area contributed by atoms with Crippen LogP contribution in [-0.4, -0.2) is 27.0 Å². The minimum Gasteiger partial charge on any atom is -0.385 e. The van der Waals surface area contributed by atoms with Crippen LogP contribution in [0.15, 0.2) is 42.7 Å². The van der Waals surface area contributed by atoms with E-state index in [0.29, 0.717) is 37.8 Å². The molecule has 4 atom stereocenters. The summed E-state index contributed by atoms with van der Waals surface area (Å²) in [6, 6.07) is 6.21. The second-order valence-corrected chi connectivity index (χ2v) is 10.2. The highest BCUT2D eigenvalue weighted by molar-refractivity contribution is 6.03. The van der Waals surface area contributed by atoms with Crippen LogP contribution in [0.5, 0.6) is 0 Å². The van der Waals surface area contributed by atoms with Gasteiger partial charge >= 0.3 is 0 Å². The average molecular weight is 495 g/mol. The number of benzene rings is 1. The first-order valence-corrected chi connectivity index (χ1v) is 12.1. The molecule has 36 heavy (non-hydrogen) atoms. The number of nitrogens with zero attached hydrogens (tertiary/aromatic N) is 2. The first-order valence-electron chi connectivity index (χ1n) is 12.1. The van der Waals surface area contributed by atoms with Crippen LogP contribution >= 0.6 is 0 Å². The zero-order valence-electron chi connectivity index (χ0n) is 19.3. The van der Waals surface area contributed by atoms with Crippen LogP contribution in [-0.2, 0) is 5.60 Å². The van der Waals surface area contributed by atoms with E-state index in [9.17, 15) is 9.90 Å². The van der Waals surface area contributed by atoms with E-state index in [0.717, 1.165) is 17.7 Å². The number of nitrogens with one attached hydrogen (secondary N) is 1. The van der Waals surface area contributed by atoms with Crippen molar-refractivity contribution >= 4 is 11.6 Å². The van der Waals surface area contributed by atoms with Crippen molar-refractivity contribution in [2.45, 2.75) is 55.8 Å². The summed E-state index contributed by atoms with van der Waals surface area (Å²) in [5.74, 6) is -3.16. The Bertz CT molecular complexity index is 1380. The number of amides is 1. The number of aliphatic hydroxyl groups is 1. The van der Waals surface area contributed by atoms with Crippen LogP contribution < -0.4 is 11.1 Å². The molecule has 186 valence electrons. The second-order valence-electron chi connectivity index (χ2n) is 10.2. The first-order chi connectivity index (χ1) is 17.2. The molecule has 3 heterocycles. The van der Waals surface area contributed by atoms with Gasteiger partial charge in [0.1, 0.15) is 29.2 Å². The lowest BCUT2D eigenvalue weighted by atomic mass is 9.72. The summed E-state index contributed by atoms with van der Waals surface area (Å²) in [7, 11) is 0. The minimum absolute atomic E-state index is 0.0821. The third kappa shape index (κ3) is 3.87. The van der Waals surface area contributed by atoms with E-state index < -0.39 is 40.9 Å². The van der Waals surface area contributed by atoms with Gasteiger partial charge in [-0.1, -0.05) is 0 Å². The fraction of sp³-hybridized carbons (Fsp3) is 0.370. The van der Waals surface area contributed by atoms with Gasteiger partial charge in [0.05, 0.1) is 17.5 Å². The molecule has 2 fully saturated rings. The van der Waals surface area contributed by atoms with Crippen molar-refractivity contribution in [2.24, 2.45) is 11.7 Å². The molecule has 3 aliphatic rings. The normalized spacial score (nSPS) is 26.4. The predicted octanol–water partition coefficient (Wildman–Crippen LogP) is 4.89. The zero-order chi connectivity index (χ0) is 25.2. The number of alkyl halides is 1. The van der Waals surface area contributed by atoms with Crippen molar-refractivity contribution in [1.82, 2.24) is 9.97 Å². The Morgan fingerprint density at radius 3 is 2.64 bits per heavy atom. The van der Waals surface area contributed by atoms with Gasteiger partial charge < -0.3 is 16.2 Å². The molecular weight excluding hydrogens is 469 g/mol. The van der Waals surface area contributed by atoms with E-state index >= 15 is 13.2 Å². The fourth-order valence-corrected chi connectivity index (χ4v) is 5.72. The highest BCUT2D eigenvalue weighted by atomic mass is 19.1. The molecule has 6 nitrogen and oxygen atoms in total. The van der Waals surface area contributed by atoms with Crippen LogP contribution in [0.2, 0.25) is 0 Å². The van der Waals surface area contributed by atoms with E-state index in [1.165, 1.54) is 18.3 Å². The predicted molar refractivity (Wildman–Crippen MR) is 127 cm³/mol. The van der Waals surface area contributed by atoms with E-state index in [1.54, 1.807) is 12.3 Å². The summed E-state index contributed by atoms with van der Waals surface area (Å²) in [5, 5.41) is 13.4. The van der Waals surface area contributed by atoms with Crippen molar-refractivity contribution in [3.8, 4) is 11.3 Å². The summed E-state index contributed by atoms with van der Waals surface area (Å²) in [6.07, 6.45) is 3.63. The summed E-state index contributed by atoms with van der Waals surface area (Å²) >= 11 is 0. The quantitative estimate of drug-likeness (QED) is 0.447. The SMILES string of the molecule is NC1CC2CC(C1)C(F)c1cc(C3(O)CC3)cc(F)c1-c1nc(ccc1F)C(=O)Nc1cnccc12. The van der Waals surface area contributed by atoms with Gasteiger partial charge in [0.15, 0.2) is 0 Å². The molecular formula is C27H25F3N4O2. The monoisotopic (exact) mass is 494 g/mol. The summed E-state index contributed by atoms with van der Waals surface area (Å²) in [5.41, 5.74) is 5.61. The summed E-state index contributed by atoms with van der Waals surface area (Å²) in [6.45, 7) is 0. The lowest BCUT2D eigenvalue weighted by Crippen LogP contribution is -2.34. The van der Waals surface area contributed by atoms with Gasteiger partial charge in [-0.25, -0.2) is 18.2 Å². The smallest absolute Gasteiger partial charge is 0.274 e. The lowest BCUT2D eigenvalue weighted by Gasteiger charge is -2.36. The number of halogens is 3. The largest absolute Gasteiger partial charge is 0.385 e. The van der Waals surface area contributed by atoms with E-state index in [4.69, 9.17) is 5.73 Å². The van der Waals surface area contributed by atoms with Crippen LogP contribution in [0.4, 0.5) is 18.9 Å². The molecule has 4 N–H and O–H groups in total. The topological polar surface area (TPSA) is 101 Å². The molecule has 2 aliphatic carbocycles. The molecule has 0 spiro atoms. The summed E-state index contributed by atoms with van der Waals surface area (Å²) < 4.78 is 47.2. The number of hydrogen-bond acceptors (Lipinski definition) is 5. The van der Waals surface area contributed by atoms with Crippen LogP contribution in [0.25, 0.3) is 11.3 Å². The molecule has 2 saturated carbocycles. The fourth-order valence-electron chi connectivity index (χ4n) is 5.72. The standard InChI is InChI=1S/C27H25F3N4O2/c28-19-1-2-21-26(35)34-22-12-32-6-3-17(22)13-7-14(9-16(31)8-13)24(30)18-10-15(27(36)4-5-27)11-20(29)23(18)25(19)33-21/h1-3,6,10-14,16,24,36H,4-5,7-9,31H2,(H,34,35). The van der Waals surface area contributed by atoms with Gasteiger partial charge in [-0.2, -0.15) is 0 Å². The van der Waals surface area contributed by atoms with Gasteiger partial charge in [-0.3, -0.25) is 9.78 Å². The molecule has 3 aromatic rings. The van der Waals surface area contributed by atoms with Gasteiger partial charge in [-0.15, -0.1) is 0 Å². The Labute approximate surface area is 205 Å². The third-order valence-electron chi connectivity index (χ3n) is 7.73. The first kappa shape index (κ1) is 23.1. The Balaban J connectivity index is 1.60. The Morgan fingerprint density at radius 2 is 1.86 bits per heavy atom. The average Bonchev–Trinajstić information content (AvgIpc) is 3.61. The zero-order valence-corrected chi connectivity index (χ0v) is 19.3. The van der Waals surface area contributed by atoms with Crippen LogP contribution in [0, 0.1) is 17.6 Å². The molecule has 4 bridgehead atoms. The molecule has 1 aliphatic heterocycles. The highest BCUT2D eigenvalue weighted by Gasteiger charge is 2.44. The van der Waals surface area contributed by atoms with Crippen molar-refractivity contribution in [2.75, 3.05) is 5.32 Å². The summed E-state index contributed by atoms with van der Waals surface area (Å²) in [4.78, 5) is 21.3. The Morgan fingerprint density at radius 1 is 1.06 bits per heavy atom. The number of carbonyl (C=O) groups is 1. The van der Waals surface area contributed by atoms with Crippen LogP contribution in [0.1, 0.15) is 71.4 Å². The van der Waals surface area contributed by atoms with Gasteiger partial charge in [0.25, 0.3) is 5.91 Å². The molecule has 0 radical (unpaired) electrons. The Kier molecular flexibility index (Phi) is 5.38. The van der Waals surface area contributed by atoms with Crippen molar-refractivity contribution < 1.29 is 23.1 Å². The van der Waals surface area contributed by atoms with Crippen molar-refractivity contribution in [1.29, 1.82) is 0 Å². The van der Waals surface area contributed by atoms with Crippen molar-refractivity contribution in [3.05, 3.63) is 76.7 Å². The number of fused-ring (bicyclic) bond motifs is 8. The van der Waals surface area contributed by atoms with E-state index in [2.05, 4.69) is 15.3 Å². The number of aromatic nitrogens is 2. The van der Waals surface area contributed by atoms with E-state index in [1.807, 2.05) is 0 Å². The van der Waals surface area contributed by atoms with Gasteiger partial charge in [0, 0.05) is 17.8 Å². The molecule has 4 unspecified atom stereocenters. The number of nitrogens with two attached hydrogens (primary N) is 1. The minimum atomic E-state index is -1.69. The van der Waals surface area contributed by atoms with Gasteiger partial charge in [0.2, 0.25) is 0 Å². The Hall–Kier alpha value is -3.30.